The standard InChI is InChI=1S/C18H26N6O/c1-14-11-22(13-18-19-20-21-24(18)16-7-8-16)9-10-23(14)12-17(25)15-5-3-2-4-6-15/h2-6,14,16-17,25H,7-13H2,1H3. The highest BCUT2D eigenvalue weighted by Gasteiger charge is 2.30. The van der Waals surface area contributed by atoms with E-state index in [0.29, 0.717) is 18.6 Å². The summed E-state index contributed by atoms with van der Waals surface area (Å²) in [6.07, 6.45) is 1.96. The Morgan fingerprint density at radius 1 is 1.20 bits per heavy atom. The van der Waals surface area contributed by atoms with Gasteiger partial charge in [-0.05, 0) is 35.8 Å². The van der Waals surface area contributed by atoms with E-state index in [1.54, 1.807) is 0 Å². The van der Waals surface area contributed by atoms with Crippen molar-refractivity contribution >= 4 is 0 Å². The number of aromatic nitrogens is 4. The summed E-state index contributed by atoms with van der Waals surface area (Å²) in [6, 6.07) is 10.8. The van der Waals surface area contributed by atoms with E-state index in [0.717, 1.165) is 37.6 Å². The zero-order chi connectivity index (χ0) is 17.2. The zero-order valence-electron chi connectivity index (χ0n) is 14.7. The van der Waals surface area contributed by atoms with Gasteiger partial charge in [0.1, 0.15) is 0 Å². The number of hydrogen-bond acceptors (Lipinski definition) is 6. The minimum absolute atomic E-state index is 0.400. The van der Waals surface area contributed by atoms with Gasteiger partial charge in [-0.25, -0.2) is 4.68 Å². The predicted molar refractivity (Wildman–Crippen MR) is 93.8 cm³/mol. The number of aliphatic hydroxyl groups excluding tert-OH is 1. The summed E-state index contributed by atoms with van der Waals surface area (Å²) in [5.41, 5.74) is 0.987. The van der Waals surface area contributed by atoms with Crippen LogP contribution in [-0.4, -0.2) is 67.3 Å². The third kappa shape index (κ3) is 3.89. The smallest absolute Gasteiger partial charge is 0.165 e. The molecule has 1 aromatic heterocycles. The highest BCUT2D eigenvalue weighted by atomic mass is 16.3. The van der Waals surface area contributed by atoms with Gasteiger partial charge in [-0.1, -0.05) is 30.3 Å². The SMILES string of the molecule is CC1CN(Cc2nnnn2C2CC2)CCN1CC(O)c1ccccc1. The van der Waals surface area contributed by atoms with Gasteiger partial charge < -0.3 is 5.11 Å². The van der Waals surface area contributed by atoms with Crippen molar-refractivity contribution in [2.24, 2.45) is 0 Å². The molecule has 2 unspecified atom stereocenters. The number of benzene rings is 1. The Balaban J connectivity index is 1.32. The third-order valence-corrected chi connectivity index (χ3v) is 5.26. The van der Waals surface area contributed by atoms with Gasteiger partial charge in [-0.15, -0.1) is 5.10 Å². The second-order valence-electron chi connectivity index (χ2n) is 7.28. The zero-order valence-corrected chi connectivity index (χ0v) is 14.7. The minimum Gasteiger partial charge on any atom is -0.387 e. The molecule has 4 rings (SSSR count). The van der Waals surface area contributed by atoms with Crippen LogP contribution in [0.3, 0.4) is 0 Å². The molecule has 1 N–H and O–H groups in total. The first kappa shape index (κ1) is 16.6. The van der Waals surface area contributed by atoms with Crippen molar-refractivity contribution in [2.45, 2.75) is 44.5 Å². The molecule has 0 amide bonds. The molecule has 2 atom stereocenters. The van der Waals surface area contributed by atoms with Crippen LogP contribution in [-0.2, 0) is 6.54 Å². The van der Waals surface area contributed by atoms with Crippen LogP contribution in [0.4, 0.5) is 0 Å². The molecular weight excluding hydrogens is 316 g/mol. The predicted octanol–water partition coefficient (Wildman–Crippen LogP) is 1.25. The molecule has 134 valence electrons. The molecule has 1 aromatic carbocycles. The Bertz CT molecular complexity index is 686. The van der Waals surface area contributed by atoms with Crippen LogP contribution in [0.1, 0.15) is 43.3 Å². The molecule has 2 heterocycles. The number of nitrogens with zero attached hydrogens (tertiary/aromatic N) is 6. The molecule has 2 fully saturated rings. The fourth-order valence-corrected chi connectivity index (χ4v) is 3.61. The van der Waals surface area contributed by atoms with Crippen molar-refractivity contribution in [2.75, 3.05) is 26.2 Å². The lowest BCUT2D eigenvalue weighted by Gasteiger charge is -2.40. The normalized spacial score (nSPS) is 23.7. The number of piperazine rings is 1. The summed E-state index contributed by atoms with van der Waals surface area (Å²) in [6.45, 7) is 6.62. The van der Waals surface area contributed by atoms with Crippen molar-refractivity contribution in [3.05, 3.63) is 41.7 Å². The molecule has 1 saturated carbocycles. The van der Waals surface area contributed by atoms with Crippen molar-refractivity contribution in [3.8, 4) is 0 Å². The number of tetrazole rings is 1. The first-order valence-electron chi connectivity index (χ1n) is 9.17. The van der Waals surface area contributed by atoms with E-state index in [1.165, 1.54) is 12.8 Å². The maximum atomic E-state index is 10.5. The molecule has 2 aromatic rings. The summed E-state index contributed by atoms with van der Waals surface area (Å²) >= 11 is 0. The van der Waals surface area contributed by atoms with Crippen LogP contribution < -0.4 is 0 Å². The molecule has 1 aliphatic carbocycles. The largest absolute Gasteiger partial charge is 0.387 e. The van der Waals surface area contributed by atoms with E-state index < -0.39 is 6.10 Å². The third-order valence-electron chi connectivity index (χ3n) is 5.26. The molecule has 0 radical (unpaired) electrons. The quantitative estimate of drug-likeness (QED) is 0.852. The summed E-state index contributed by atoms with van der Waals surface area (Å²) in [5.74, 6) is 0.979. The van der Waals surface area contributed by atoms with Gasteiger partial charge in [-0.2, -0.15) is 0 Å². The number of β-amino-alcohol motifs (C(OH)–C–C–N with tert-alkyl or cyclic N) is 1. The van der Waals surface area contributed by atoms with E-state index in [2.05, 4.69) is 32.2 Å². The second kappa shape index (κ2) is 7.19. The number of hydrogen-bond donors (Lipinski definition) is 1. The molecule has 0 spiro atoms. The molecule has 2 aliphatic rings. The highest BCUT2D eigenvalue weighted by molar-refractivity contribution is 5.17. The molecule has 7 nitrogen and oxygen atoms in total. The second-order valence-corrected chi connectivity index (χ2v) is 7.28. The summed E-state index contributed by atoms with van der Waals surface area (Å²) < 4.78 is 2.00. The molecule has 0 bridgehead atoms. The maximum absolute atomic E-state index is 10.5. The van der Waals surface area contributed by atoms with Crippen molar-refractivity contribution < 1.29 is 5.11 Å². The van der Waals surface area contributed by atoms with Crippen molar-refractivity contribution in [1.82, 2.24) is 30.0 Å². The molecule has 7 heteroatoms. The van der Waals surface area contributed by atoms with E-state index in [9.17, 15) is 5.11 Å². The Labute approximate surface area is 148 Å². The van der Waals surface area contributed by atoms with Gasteiger partial charge >= 0.3 is 0 Å². The number of aliphatic hydroxyl groups is 1. The first-order chi connectivity index (χ1) is 12.2. The van der Waals surface area contributed by atoms with Crippen LogP contribution in [0, 0.1) is 0 Å². The fourth-order valence-electron chi connectivity index (χ4n) is 3.61. The van der Waals surface area contributed by atoms with E-state index in [-0.39, 0.29) is 0 Å². The van der Waals surface area contributed by atoms with E-state index >= 15 is 0 Å². The highest BCUT2D eigenvalue weighted by Crippen LogP contribution is 2.34. The molecule has 1 saturated heterocycles. The van der Waals surface area contributed by atoms with Gasteiger partial charge in [0.05, 0.1) is 18.7 Å². The topological polar surface area (TPSA) is 70.3 Å². The Morgan fingerprint density at radius 3 is 2.72 bits per heavy atom. The summed E-state index contributed by atoms with van der Waals surface area (Å²) in [7, 11) is 0. The Kier molecular flexibility index (Phi) is 4.78. The maximum Gasteiger partial charge on any atom is 0.165 e. The molecule has 1 aliphatic heterocycles. The summed E-state index contributed by atoms with van der Waals surface area (Å²) in [4.78, 5) is 4.79. The lowest BCUT2D eigenvalue weighted by Crippen LogP contribution is -2.52. The average Bonchev–Trinajstić information content (AvgIpc) is 3.37. The van der Waals surface area contributed by atoms with Crippen LogP contribution in [0.5, 0.6) is 0 Å². The number of rotatable bonds is 6. The van der Waals surface area contributed by atoms with Crippen molar-refractivity contribution in [1.29, 1.82) is 0 Å². The van der Waals surface area contributed by atoms with Gasteiger partial charge in [0.25, 0.3) is 0 Å². The Morgan fingerprint density at radius 2 is 2.00 bits per heavy atom. The molecular formula is C18H26N6O. The van der Waals surface area contributed by atoms with Gasteiger partial charge in [0, 0.05) is 32.2 Å². The Hall–Kier alpha value is -1.83. The van der Waals surface area contributed by atoms with E-state index in [4.69, 9.17) is 0 Å². The van der Waals surface area contributed by atoms with E-state index in [1.807, 2.05) is 35.0 Å². The lowest BCUT2D eigenvalue weighted by molar-refractivity contribution is 0.0349. The van der Waals surface area contributed by atoms with Crippen LogP contribution in [0.15, 0.2) is 30.3 Å². The van der Waals surface area contributed by atoms with Gasteiger partial charge in [0.2, 0.25) is 0 Å². The first-order valence-corrected chi connectivity index (χ1v) is 9.17. The van der Waals surface area contributed by atoms with Gasteiger partial charge in [-0.3, -0.25) is 9.80 Å². The minimum atomic E-state index is -0.433. The van der Waals surface area contributed by atoms with Crippen LogP contribution >= 0.6 is 0 Å². The van der Waals surface area contributed by atoms with Gasteiger partial charge in [0.15, 0.2) is 5.82 Å². The van der Waals surface area contributed by atoms with Crippen LogP contribution in [0.2, 0.25) is 0 Å². The summed E-state index contributed by atoms with van der Waals surface area (Å²) in [5, 5.41) is 22.7. The monoisotopic (exact) mass is 342 g/mol. The fraction of sp³-hybridized carbons (Fsp3) is 0.611. The molecule has 25 heavy (non-hydrogen) atoms. The lowest BCUT2D eigenvalue weighted by atomic mass is 10.1. The van der Waals surface area contributed by atoms with Crippen LogP contribution in [0.25, 0.3) is 0 Å². The van der Waals surface area contributed by atoms with Crippen molar-refractivity contribution in [3.63, 3.8) is 0 Å². The average molecular weight is 342 g/mol.